The van der Waals surface area contributed by atoms with Crippen LogP contribution in [0.2, 0.25) is 0 Å². The van der Waals surface area contributed by atoms with Gasteiger partial charge >= 0.3 is 18.3 Å². The number of methoxy groups -OCH3 is 1. The summed E-state index contributed by atoms with van der Waals surface area (Å²) in [4.78, 5) is 39.8. The van der Waals surface area contributed by atoms with E-state index in [9.17, 15) is 23.2 Å². The summed E-state index contributed by atoms with van der Waals surface area (Å²) in [6, 6.07) is 1.45. The van der Waals surface area contributed by atoms with Crippen molar-refractivity contribution >= 4 is 29.7 Å². The van der Waals surface area contributed by atoms with Gasteiger partial charge in [-0.3, -0.25) is 4.90 Å². The van der Waals surface area contributed by atoms with Gasteiger partial charge in [0.1, 0.15) is 17.9 Å². The molecule has 10 nitrogen and oxygen atoms in total. The topological polar surface area (TPSA) is 101 Å². The van der Waals surface area contributed by atoms with Gasteiger partial charge in [0, 0.05) is 44.9 Å². The first-order chi connectivity index (χ1) is 15.5. The molecule has 1 aromatic rings. The Morgan fingerprint density at radius 2 is 1.76 bits per heavy atom. The Morgan fingerprint density at radius 1 is 1.15 bits per heavy atom. The Bertz CT molecular complexity index is 892. The first-order valence-corrected chi connectivity index (χ1v) is 10.5. The van der Waals surface area contributed by atoms with E-state index in [0.29, 0.717) is 0 Å². The lowest BCUT2D eigenvalue weighted by atomic mass is 10.1. The van der Waals surface area contributed by atoms with Crippen molar-refractivity contribution in [2.75, 3.05) is 56.2 Å². The molecule has 0 saturated carbocycles. The normalized spacial score (nSPS) is 18.8. The Kier molecular flexibility index (Phi) is 7.13. The van der Waals surface area contributed by atoms with Gasteiger partial charge in [-0.2, -0.15) is 0 Å². The number of carbonyl (C=O) groups is 3. The van der Waals surface area contributed by atoms with Crippen LogP contribution in [0.25, 0.3) is 0 Å². The second-order valence-electron chi connectivity index (χ2n) is 8.69. The Balaban J connectivity index is 1.71. The van der Waals surface area contributed by atoms with Gasteiger partial charge in [0.05, 0.1) is 18.8 Å². The largest absolute Gasteiger partial charge is 0.453 e. The number of carbonyl (C=O) groups excluding carboxylic acids is 3. The Morgan fingerprint density at radius 3 is 2.30 bits per heavy atom. The van der Waals surface area contributed by atoms with Crippen LogP contribution in [-0.2, 0) is 14.2 Å². The minimum absolute atomic E-state index is 0.0178. The third kappa shape index (κ3) is 5.74. The lowest BCUT2D eigenvalue weighted by Crippen LogP contribution is -2.50. The monoisotopic (exact) mass is 470 g/mol. The molecule has 0 spiro atoms. The second-order valence-corrected chi connectivity index (χ2v) is 8.69. The van der Waals surface area contributed by atoms with Crippen LogP contribution < -0.4 is 15.1 Å². The highest BCUT2D eigenvalue weighted by molar-refractivity contribution is 5.90. The van der Waals surface area contributed by atoms with Gasteiger partial charge in [-0.15, -0.1) is 0 Å². The standard InChI is InChI=1S/C21H28F2N4O6/c1-21(2,3)33-19(29)26-7-5-25(6-8-26)17-15(22)9-13(10-16(17)23)27-14(12-32-20(27)30)11-24-18(28)31-4/h9-10,14H,5-8,11-12H2,1-4H3,(H,24,28). The SMILES string of the molecule is COC(=O)NCC1COC(=O)N1c1cc(F)c(N2CCN(C(=O)OC(C)(C)C)CC2)c(F)c1. The number of benzene rings is 1. The summed E-state index contributed by atoms with van der Waals surface area (Å²) in [6.45, 7) is 6.13. The first kappa shape index (κ1) is 24.3. The molecule has 2 fully saturated rings. The van der Waals surface area contributed by atoms with E-state index in [1.165, 1.54) is 16.9 Å². The molecule has 2 aliphatic rings. The maximum Gasteiger partial charge on any atom is 0.414 e. The molecule has 1 atom stereocenters. The molecule has 2 aliphatic heterocycles. The average Bonchev–Trinajstić information content (AvgIpc) is 3.11. The zero-order valence-electron chi connectivity index (χ0n) is 19.0. The molecule has 12 heteroatoms. The number of amides is 3. The van der Waals surface area contributed by atoms with E-state index in [0.717, 1.165) is 17.0 Å². The molecule has 182 valence electrons. The highest BCUT2D eigenvalue weighted by Gasteiger charge is 2.36. The van der Waals surface area contributed by atoms with Gasteiger partial charge in [0.25, 0.3) is 0 Å². The number of piperazine rings is 1. The predicted octanol–water partition coefficient (Wildman–Crippen LogP) is 2.70. The summed E-state index contributed by atoms with van der Waals surface area (Å²) in [7, 11) is 1.19. The number of rotatable bonds is 4. The molecule has 0 radical (unpaired) electrons. The summed E-state index contributed by atoms with van der Waals surface area (Å²) in [5.74, 6) is -1.70. The number of hydrogen-bond donors (Lipinski definition) is 1. The third-order valence-corrected chi connectivity index (χ3v) is 5.16. The van der Waals surface area contributed by atoms with Crippen LogP contribution in [0.15, 0.2) is 12.1 Å². The molecule has 3 rings (SSSR count). The first-order valence-electron chi connectivity index (χ1n) is 10.5. The average molecular weight is 470 g/mol. The van der Waals surface area contributed by atoms with Crippen LogP contribution in [0, 0.1) is 11.6 Å². The summed E-state index contributed by atoms with van der Waals surface area (Å²) in [5, 5.41) is 2.44. The number of nitrogens with zero attached hydrogens (tertiary/aromatic N) is 3. The van der Waals surface area contributed by atoms with E-state index in [2.05, 4.69) is 10.1 Å². The van der Waals surface area contributed by atoms with Gasteiger partial charge in [-0.05, 0) is 20.8 Å². The Hall–Kier alpha value is -3.31. The van der Waals surface area contributed by atoms with Crippen molar-refractivity contribution in [3.05, 3.63) is 23.8 Å². The highest BCUT2D eigenvalue weighted by atomic mass is 19.1. The number of cyclic esters (lactones) is 1. The third-order valence-electron chi connectivity index (χ3n) is 5.16. The maximum absolute atomic E-state index is 15.0. The van der Waals surface area contributed by atoms with E-state index >= 15 is 0 Å². The molecular formula is C21H28F2N4O6. The molecule has 0 aliphatic carbocycles. The lowest BCUT2D eigenvalue weighted by molar-refractivity contribution is 0.0240. The molecule has 2 saturated heterocycles. The van der Waals surface area contributed by atoms with E-state index < -0.39 is 41.6 Å². The van der Waals surface area contributed by atoms with Gasteiger partial charge < -0.3 is 29.3 Å². The lowest BCUT2D eigenvalue weighted by Gasteiger charge is -2.37. The minimum atomic E-state index is -0.852. The minimum Gasteiger partial charge on any atom is -0.453 e. The van der Waals surface area contributed by atoms with Gasteiger partial charge in [-0.25, -0.2) is 23.2 Å². The number of ether oxygens (including phenoxy) is 3. The van der Waals surface area contributed by atoms with Crippen LogP contribution >= 0.6 is 0 Å². The van der Waals surface area contributed by atoms with Crippen LogP contribution in [0.4, 0.5) is 34.5 Å². The van der Waals surface area contributed by atoms with Crippen molar-refractivity contribution in [1.29, 1.82) is 0 Å². The molecule has 0 bridgehead atoms. The number of anilines is 2. The van der Waals surface area contributed by atoms with E-state index in [-0.39, 0.29) is 50.7 Å². The quantitative estimate of drug-likeness (QED) is 0.676. The number of hydrogen-bond acceptors (Lipinski definition) is 7. The van der Waals surface area contributed by atoms with Crippen molar-refractivity contribution in [2.24, 2.45) is 0 Å². The summed E-state index contributed by atoms with van der Waals surface area (Å²) < 4.78 is 44.8. The van der Waals surface area contributed by atoms with Crippen LogP contribution in [0.3, 0.4) is 0 Å². The van der Waals surface area contributed by atoms with E-state index in [1.54, 1.807) is 20.8 Å². The molecule has 1 unspecified atom stereocenters. The van der Waals surface area contributed by atoms with Crippen molar-refractivity contribution in [3.8, 4) is 0 Å². The Labute approximate surface area is 190 Å². The molecule has 33 heavy (non-hydrogen) atoms. The number of nitrogens with one attached hydrogen (secondary N) is 1. The molecule has 3 amide bonds. The van der Waals surface area contributed by atoms with Crippen LogP contribution in [-0.4, -0.2) is 81.3 Å². The zero-order valence-corrected chi connectivity index (χ0v) is 19.0. The molecule has 1 aromatic carbocycles. The van der Waals surface area contributed by atoms with Crippen LogP contribution in [0.1, 0.15) is 20.8 Å². The fourth-order valence-electron chi connectivity index (χ4n) is 3.63. The fraction of sp³-hybridized carbons (Fsp3) is 0.571. The van der Waals surface area contributed by atoms with E-state index in [1.807, 2.05) is 0 Å². The number of halogens is 2. The summed E-state index contributed by atoms with van der Waals surface area (Å²) in [5.41, 5.74) is -0.900. The summed E-state index contributed by atoms with van der Waals surface area (Å²) >= 11 is 0. The highest BCUT2D eigenvalue weighted by Crippen LogP contribution is 2.32. The van der Waals surface area contributed by atoms with Crippen molar-refractivity contribution < 1.29 is 37.4 Å². The van der Waals surface area contributed by atoms with E-state index in [4.69, 9.17) is 9.47 Å². The van der Waals surface area contributed by atoms with Crippen molar-refractivity contribution in [1.82, 2.24) is 10.2 Å². The fourth-order valence-corrected chi connectivity index (χ4v) is 3.63. The van der Waals surface area contributed by atoms with Crippen molar-refractivity contribution in [3.63, 3.8) is 0 Å². The van der Waals surface area contributed by atoms with Gasteiger partial charge in [-0.1, -0.05) is 0 Å². The molecule has 1 N–H and O–H groups in total. The maximum atomic E-state index is 15.0. The van der Waals surface area contributed by atoms with Crippen LogP contribution in [0.5, 0.6) is 0 Å². The zero-order chi connectivity index (χ0) is 24.3. The molecular weight excluding hydrogens is 442 g/mol. The molecule has 2 heterocycles. The van der Waals surface area contributed by atoms with Crippen molar-refractivity contribution in [2.45, 2.75) is 32.4 Å². The number of alkyl carbamates (subject to hydrolysis) is 1. The second kappa shape index (κ2) is 9.67. The van der Waals surface area contributed by atoms with Gasteiger partial charge in [0.15, 0.2) is 11.6 Å². The molecule has 0 aromatic heterocycles. The summed E-state index contributed by atoms with van der Waals surface area (Å²) in [6.07, 6.45) is -1.95. The van der Waals surface area contributed by atoms with Gasteiger partial charge in [0.2, 0.25) is 0 Å². The predicted molar refractivity (Wildman–Crippen MR) is 114 cm³/mol. The smallest absolute Gasteiger partial charge is 0.414 e.